The van der Waals surface area contributed by atoms with Crippen LogP contribution in [0, 0.1) is 5.92 Å². The molecule has 4 heterocycles. The zero-order chi connectivity index (χ0) is 83.5. The molecule has 9 rings (SSSR count). The highest BCUT2D eigenvalue weighted by molar-refractivity contribution is 6.30. The normalized spacial score (nSPS) is 14.9. The molecule has 1 saturated heterocycles. The molecular formula is C80H102ClN23O12. The van der Waals surface area contributed by atoms with Crippen molar-refractivity contribution in [1.82, 2.24) is 93.4 Å². The van der Waals surface area contributed by atoms with E-state index in [9.17, 15) is 29.1 Å². The summed E-state index contributed by atoms with van der Waals surface area (Å²) in [4.78, 5) is 170. The van der Waals surface area contributed by atoms with Gasteiger partial charge >= 0.3 is 0 Å². The van der Waals surface area contributed by atoms with Crippen LogP contribution in [0.1, 0.15) is 108 Å². The van der Waals surface area contributed by atoms with Crippen molar-refractivity contribution in [2.24, 2.45) is 11.7 Å². The number of likely N-dealkylation sites (tertiary alicyclic amines) is 1. The van der Waals surface area contributed by atoms with Gasteiger partial charge in [-0.2, -0.15) is 0 Å². The number of anilines is 6. The molecular weight excluding hydrogens is 1510 g/mol. The summed E-state index contributed by atoms with van der Waals surface area (Å²) in [5.74, 6) is -8.74. The van der Waals surface area contributed by atoms with E-state index < -0.39 is 132 Å². The fourth-order valence-corrected chi connectivity index (χ4v) is 13.4. The minimum absolute atomic E-state index is 0.00880. The molecule has 116 heavy (non-hydrogen) atoms. The number of rotatable bonds is 42. The van der Waals surface area contributed by atoms with Gasteiger partial charge in [0.15, 0.2) is 0 Å². The maximum atomic E-state index is 15.6. The fourth-order valence-electron chi connectivity index (χ4n) is 13.3. The summed E-state index contributed by atoms with van der Waals surface area (Å²) in [6, 6.07) is 22.5. The van der Waals surface area contributed by atoms with Crippen LogP contribution >= 0.6 is 11.6 Å². The number of unbranched alkanes of at least 4 members (excludes halogenated alkanes) is 1. The minimum Gasteiger partial charge on any atom is -0.394 e. The van der Waals surface area contributed by atoms with Crippen LogP contribution in [0.4, 0.5) is 35.2 Å². The number of primary amides is 1. The SMILES string of the molecule is CC(=O)N[C@H](Cc1ccc2ccccc2c1)C(=O)N[C@H](Cc1ccc(Cl)cc1)C(=O)N[C@H](Cc1cccnc1)C(=O)N[C@@H](CO)C(=O)N[C@@H](Cc1cccc(Nc2nnc(N)[nH]2)c1)C(=O)N[C@H](Cc1cccc(Nc2nnc(N)[nH]2)c1)C(=O)N[C@@H](CC(C)C)C(=O)NC(CCCCNC(C)C)C(=O)N1CCC[C@H]1C(=O)N[C@H](C)C(N)=O. The molecule has 5 aromatic carbocycles. The number of amides is 11. The number of aliphatic hydroxyl groups excluding tert-OH is 1. The van der Waals surface area contributed by atoms with Gasteiger partial charge in [0.2, 0.25) is 88.8 Å². The summed E-state index contributed by atoms with van der Waals surface area (Å²) in [6.45, 7) is 9.98. The smallest absolute Gasteiger partial charge is 0.245 e. The molecule has 36 heteroatoms. The first-order chi connectivity index (χ1) is 55.5. The molecule has 0 saturated carbocycles. The number of hydrogen-bond acceptors (Lipinski definition) is 22. The zero-order valence-corrected chi connectivity index (χ0v) is 66.1. The second-order valence-electron chi connectivity index (χ2n) is 29.4. The van der Waals surface area contributed by atoms with E-state index in [1.165, 1.54) is 31.1 Å². The second-order valence-corrected chi connectivity index (χ2v) is 29.8. The predicted octanol–water partition coefficient (Wildman–Crippen LogP) is 2.38. The van der Waals surface area contributed by atoms with Gasteiger partial charge in [-0.1, -0.05) is 124 Å². The number of carbonyl (C=O) groups excluding carboxylic acids is 11. The predicted molar refractivity (Wildman–Crippen MR) is 435 cm³/mol. The first-order valence-electron chi connectivity index (χ1n) is 38.4. The van der Waals surface area contributed by atoms with E-state index in [-0.39, 0.29) is 93.7 Å². The van der Waals surface area contributed by atoms with Crippen molar-refractivity contribution in [2.45, 2.75) is 179 Å². The number of aliphatic hydroxyl groups is 1. The number of nitrogens with one attached hydrogen (secondary N) is 14. The van der Waals surface area contributed by atoms with Crippen LogP contribution in [-0.2, 0) is 84.8 Å². The molecule has 1 aliphatic rings. The number of benzene rings is 5. The van der Waals surface area contributed by atoms with Gasteiger partial charge in [-0.05, 0) is 139 Å². The van der Waals surface area contributed by atoms with Crippen molar-refractivity contribution in [3.63, 3.8) is 0 Å². The summed E-state index contributed by atoms with van der Waals surface area (Å²) < 4.78 is 0. The lowest BCUT2D eigenvalue weighted by atomic mass is 9.99. The summed E-state index contributed by atoms with van der Waals surface area (Å²) in [5.41, 5.74) is 20.5. The lowest BCUT2D eigenvalue weighted by Gasteiger charge is -2.31. The Hall–Kier alpha value is -12.6. The van der Waals surface area contributed by atoms with Crippen LogP contribution in [0.15, 0.2) is 140 Å². The first-order valence-corrected chi connectivity index (χ1v) is 38.7. The van der Waals surface area contributed by atoms with Crippen molar-refractivity contribution < 1.29 is 57.8 Å². The minimum atomic E-state index is -1.87. The number of carbonyl (C=O) groups is 11. The van der Waals surface area contributed by atoms with Gasteiger partial charge in [-0.3, -0.25) is 67.7 Å². The van der Waals surface area contributed by atoms with Gasteiger partial charge in [0.25, 0.3) is 0 Å². The lowest BCUT2D eigenvalue weighted by Crippen LogP contribution is -2.62. The van der Waals surface area contributed by atoms with Crippen molar-refractivity contribution >= 4 is 123 Å². The number of aromatic amines is 2. The molecule has 35 nitrogen and oxygen atoms in total. The van der Waals surface area contributed by atoms with Crippen molar-refractivity contribution in [3.8, 4) is 0 Å². The average molecular weight is 1610 g/mol. The van der Waals surface area contributed by atoms with Crippen LogP contribution in [-0.4, -0.2) is 196 Å². The highest BCUT2D eigenvalue weighted by Crippen LogP contribution is 2.24. The third-order valence-electron chi connectivity index (χ3n) is 19.1. The number of nitrogen functional groups attached to an aromatic ring is 2. The van der Waals surface area contributed by atoms with Crippen LogP contribution in [0.2, 0.25) is 5.02 Å². The van der Waals surface area contributed by atoms with E-state index >= 15 is 28.8 Å². The molecule has 1 unspecified atom stereocenters. The number of halogens is 1. The summed E-state index contributed by atoms with van der Waals surface area (Å²) >= 11 is 6.29. The number of fused-ring (bicyclic) bond motifs is 1. The number of pyridine rings is 1. The maximum Gasteiger partial charge on any atom is 0.245 e. The Labute approximate surface area is 675 Å². The molecule has 3 aromatic heterocycles. The monoisotopic (exact) mass is 1610 g/mol. The maximum absolute atomic E-state index is 15.6. The molecule has 616 valence electrons. The van der Waals surface area contributed by atoms with Gasteiger partial charge in [-0.25, -0.2) is 0 Å². The topological polar surface area (TPSA) is 530 Å². The fraction of sp³-hybridized carbons (Fsp3) is 0.400. The highest BCUT2D eigenvalue weighted by atomic mass is 35.5. The number of aromatic nitrogens is 7. The van der Waals surface area contributed by atoms with E-state index in [1.54, 1.807) is 84.9 Å². The molecule has 0 bridgehead atoms. The molecule has 0 radical (unpaired) electrons. The molecule has 21 N–H and O–H groups in total. The zero-order valence-electron chi connectivity index (χ0n) is 65.3. The summed E-state index contributed by atoms with van der Waals surface area (Å²) in [7, 11) is 0. The Kier molecular flexibility index (Phi) is 32.0. The average Bonchev–Trinajstić information content (AvgIpc) is 1.63. The Balaban J connectivity index is 1.01. The Morgan fingerprint density at radius 3 is 1.49 bits per heavy atom. The first kappa shape index (κ1) is 87.3. The van der Waals surface area contributed by atoms with Gasteiger partial charge in [0.05, 0.1) is 6.61 Å². The van der Waals surface area contributed by atoms with E-state index in [0.717, 1.165) is 10.8 Å². The molecule has 8 aromatic rings. The van der Waals surface area contributed by atoms with Crippen LogP contribution in [0.5, 0.6) is 0 Å². The number of nitrogens with two attached hydrogens (primary N) is 3. The summed E-state index contributed by atoms with van der Waals surface area (Å²) in [6.07, 6.45) is 3.84. The van der Waals surface area contributed by atoms with Crippen LogP contribution in [0.25, 0.3) is 10.8 Å². The molecule has 10 atom stereocenters. The van der Waals surface area contributed by atoms with Crippen LogP contribution in [0.3, 0.4) is 0 Å². The van der Waals surface area contributed by atoms with Crippen molar-refractivity contribution in [1.29, 1.82) is 0 Å². The van der Waals surface area contributed by atoms with Gasteiger partial charge in [-0.15, -0.1) is 20.4 Å². The second kappa shape index (κ2) is 42.5. The van der Waals surface area contributed by atoms with E-state index in [0.29, 0.717) is 70.0 Å². The Morgan fingerprint density at radius 1 is 0.517 bits per heavy atom. The lowest BCUT2D eigenvalue weighted by molar-refractivity contribution is -0.142. The van der Waals surface area contributed by atoms with E-state index in [2.05, 4.69) is 99.1 Å². The van der Waals surface area contributed by atoms with Crippen molar-refractivity contribution in [3.05, 3.63) is 173 Å². The third-order valence-corrected chi connectivity index (χ3v) is 19.4. The quantitative estimate of drug-likeness (QED) is 0.0244. The molecule has 1 aliphatic heterocycles. The number of nitrogens with zero attached hydrogens (tertiary/aromatic N) is 6. The van der Waals surface area contributed by atoms with Gasteiger partial charge in [0.1, 0.15) is 60.4 Å². The summed E-state index contributed by atoms with van der Waals surface area (Å²) in [5, 5.41) is 63.2. The molecule has 0 aliphatic carbocycles. The highest BCUT2D eigenvalue weighted by Gasteiger charge is 2.41. The molecule has 1 fully saturated rings. The number of hydrogen-bond donors (Lipinski definition) is 18. The number of H-pyrrole nitrogens is 2. The van der Waals surface area contributed by atoms with Gasteiger partial charge in [0, 0.05) is 80.4 Å². The molecule has 0 spiro atoms. The van der Waals surface area contributed by atoms with E-state index in [4.69, 9.17) is 28.8 Å². The van der Waals surface area contributed by atoms with Crippen molar-refractivity contribution in [2.75, 3.05) is 41.8 Å². The van der Waals surface area contributed by atoms with E-state index in [1.807, 2.05) is 70.2 Å². The third kappa shape index (κ3) is 26.8. The Morgan fingerprint density at radius 2 is 0.991 bits per heavy atom. The molecule has 11 amide bonds. The van der Waals surface area contributed by atoms with Gasteiger partial charge < -0.3 is 91.0 Å². The standard InChI is InChI=1S/C80H102ClN23O12/c1-44(2)33-59(68(108)91-58(22-9-10-31-86-45(3)4)76(116)104-32-14-23-66(104)75(115)87-46(5)67(82)107)92-71(111)62(38-49-15-11-20-56(35-49)89-79-98-77(83)100-102-79)94-72(112)63(39-50-16-12-21-57(36-50)90-80-99-78(84)101-103-80)96-74(114)65(43-105)97-73(113)64(41-52-17-13-30-85-42-52)95-70(110)61(37-48-25-28-55(81)29-26-48)93-69(109)60(88-47(6)106)40-51-24-27-53-18-7-8-19-54(53)34-51/h7-8,11-13,15-21,24-30,34-36,42,44-46,58-66,86,105H,9-10,14,22-23,31-33,37-41,43H2,1-6H3,(H2,82,107)(H,87,115)(H,88,106)(H,91,108)(H,92,111)(H,93,109)(H,94,112)(H,95,110)(H,96,114)(H,97,113)(H4,83,89,98,100,102)(H4,84,90,99,101,103)/t46-,58?,59+,60-,61-,62-,63+,64-,65+,66+/m1/s1. The largest absolute Gasteiger partial charge is 0.394 e. The Bertz CT molecular complexity index is 4720. The van der Waals surface area contributed by atoms with Crippen LogP contribution < -0.4 is 81.0 Å².